The highest BCUT2D eigenvalue weighted by atomic mass is 32.1. The Hall–Kier alpha value is -7.41. The predicted molar refractivity (Wildman–Crippen MR) is 236 cm³/mol. The number of furan rings is 1. The van der Waals surface area contributed by atoms with Gasteiger partial charge in [-0.1, -0.05) is 133 Å². The average molecular weight is 747 g/mol. The van der Waals surface area contributed by atoms with Crippen molar-refractivity contribution < 1.29 is 4.42 Å². The molecule has 0 unspecified atom stereocenters. The third kappa shape index (κ3) is 5.12. The number of hydrogen-bond donors (Lipinski definition) is 0. The minimum absolute atomic E-state index is 0.567. The molecule has 0 saturated heterocycles. The van der Waals surface area contributed by atoms with Crippen LogP contribution in [-0.4, -0.2) is 19.5 Å². The smallest absolute Gasteiger partial charge is 0.167 e. The summed E-state index contributed by atoms with van der Waals surface area (Å²) in [4.78, 5) is 15.3. The number of hydrogen-bond acceptors (Lipinski definition) is 5. The second-order valence-corrected chi connectivity index (χ2v) is 15.5. The molecule has 0 aliphatic rings. The molecule has 0 aliphatic heterocycles. The van der Waals surface area contributed by atoms with Crippen molar-refractivity contribution in [3.8, 4) is 51.0 Å². The van der Waals surface area contributed by atoms with Crippen LogP contribution >= 0.6 is 11.3 Å². The van der Waals surface area contributed by atoms with Gasteiger partial charge in [-0.05, 0) is 59.7 Å². The first kappa shape index (κ1) is 31.9. The highest BCUT2D eigenvalue weighted by molar-refractivity contribution is 7.25. The summed E-state index contributed by atoms with van der Waals surface area (Å²) in [6.45, 7) is 0. The van der Waals surface area contributed by atoms with Crippen LogP contribution in [0, 0.1) is 0 Å². The third-order valence-corrected chi connectivity index (χ3v) is 12.2. The fraction of sp³-hybridized carbons (Fsp3) is 0. The van der Waals surface area contributed by atoms with E-state index >= 15 is 0 Å². The van der Waals surface area contributed by atoms with Gasteiger partial charge in [0, 0.05) is 58.5 Å². The summed E-state index contributed by atoms with van der Waals surface area (Å²) in [5.74, 6) is 1.80. The van der Waals surface area contributed by atoms with Crippen molar-refractivity contribution in [3.63, 3.8) is 0 Å². The maximum Gasteiger partial charge on any atom is 0.167 e. The van der Waals surface area contributed by atoms with Crippen LogP contribution in [0.5, 0.6) is 0 Å². The number of para-hydroxylation sites is 2. The molecular formula is C51H30N4OS. The molecule has 5 nitrogen and oxygen atoms in total. The molecule has 0 aliphatic carbocycles. The lowest BCUT2D eigenvalue weighted by Gasteiger charge is -2.10. The summed E-state index contributed by atoms with van der Waals surface area (Å²) in [6.07, 6.45) is 0. The Balaban J connectivity index is 1.06. The van der Waals surface area contributed by atoms with E-state index in [4.69, 9.17) is 19.4 Å². The summed E-state index contributed by atoms with van der Waals surface area (Å²) >= 11 is 1.79. The Morgan fingerprint density at radius 1 is 0.386 bits per heavy atom. The van der Waals surface area contributed by atoms with E-state index in [2.05, 4.69) is 156 Å². The van der Waals surface area contributed by atoms with Crippen molar-refractivity contribution in [2.45, 2.75) is 0 Å². The van der Waals surface area contributed by atoms with Crippen molar-refractivity contribution in [3.05, 3.63) is 182 Å². The molecule has 12 aromatic rings. The Labute approximate surface area is 330 Å². The summed E-state index contributed by atoms with van der Waals surface area (Å²) in [5, 5.41) is 6.85. The fourth-order valence-corrected chi connectivity index (χ4v) is 9.52. The number of aromatic nitrogens is 4. The van der Waals surface area contributed by atoms with E-state index in [9.17, 15) is 0 Å². The summed E-state index contributed by atoms with van der Waals surface area (Å²) in [5.41, 5.74) is 9.99. The van der Waals surface area contributed by atoms with Gasteiger partial charge in [0.15, 0.2) is 17.5 Å². The monoisotopic (exact) mass is 746 g/mol. The zero-order valence-electron chi connectivity index (χ0n) is 30.4. The van der Waals surface area contributed by atoms with Gasteiger partial charge in [-0.25, -0.2) is 15.0 Å². The number of fused-ring (bicyclic) bond motifs is 9. The molecule has 57 heavy (non-hydrogen) atoms. The van der Waals surface area contributed by atoms with Crippen LogP contribution in [-0.2, 0) is 0 Å². The molecule has 0 atom stereocenters. The lowest BCUT2D eigenvalue weighted by atomic mass is 10.0. The van der Waals surface area contributed by atoms with Gasteiger partial charge in [0.2, 0.25) is 0 Å². The minimum atomic E-state index is 0.567. The third-order valence-electron chi connectivity index (χ3n) is 11.0. The molecule has 0 fully saturated rings. The van der Waals surface area contributed by atoms with E-state index in [0.717, 1.165) is 60.7 Å². The molecule has 0 N–H and O–H groups in total. The molecule has 0 saturated carbocycles. The van der Waals surface area contributed by atoms with Crippen LogP contribution in [0.2, 0.25) is 0 Å². The van der Waals surface area contributed by atoms with E-state index in [1.807, 2.05) is 30.3 Å². The van der Waals surface area contributed by atoms with Gasteiger partial charge in [0.25, 0.3) is 0 Å². The molecule has 266 valence electrons. The Kier molecular flexibility index (Phi) is 7.03. The van der Waals surface area contributed by atoms with E-state index in [1.165, 1.54) is 36.7 Å². The molecular weight excluding hydrogens is 717 g/mol. The molecule has 0 radical (unpaired) electrons. The van der Waals surface area contributed by atoms with Gasteiger partial charge in [0.05, 0.1) is 16.6 Å². The number of thiophene rings is 1. The van der Waals surface area contributed by atoms with Crippen LogP contribution in [0.3, 0.4) is 0 Å². The van der Waals surface area contributed by atoms with E-state index in [-0.39, 0.29) is 0 Å². The quantitative estimate of drug-likeness (QED) is 0.176. The molecule has 4 aromatic heterocycles. The second-order valence-electron chi connectivity index (χ2n) is 14.4. The first-order chi connectivity index (χ1) is 28.2. The minimum Gasteiger partial charge on any atom is -0.455 e. The Morgan fingerprint density at radius 3 is 1.91 bits per heavy atom. The van der Waals surface area contributed by atoms with Gasteiger partial charge in [-0.3, -0.25) is 0 Å². The zero-order valence-corrected chi connectivity index (χ0v) is 31.2. The van der Waals surface area contributed by atoms with Gasteiger partial charge in [-0.15, -0.1) is 11.3 Å². The number of benzene rings is 8. The molecule has 0 amide bonds. The van der Waals surface area contributed by atoms with Gasteiger partial charge < -0.3 is 8.98 Å². The lowest BCUT2D eigenvalue weighted by molar-refractivity contribution is 0.670. The molecule has 12 rings (SSSR count). The first-order valence-corrected chi connectivity index (χ1v) is 19.8. The van der Waals surface area contributed by atoms with Crippen LogP contribution in [0.15, 0.2) is 186 Å². The van der Waals surface area contributed by atoms with Gasteiger partial charge in [-0.2, -0.15) is 0 Å². The first-order valence-electron chi connectivity index (χ1n) is 19.0. The zero-order chi connectivity index (χ0) is 37.5. The summed E-state index contributed by atoms with van der Waals surface area (Å²) < 4.78 is 11.7. The molecule has 0 spiro atoms. The van der Waals surface area contributed by atoms with Crippen LogP contribution < -0.4 is 0 Å². The Morgan fingerprint density at radius 2 is 1.05 bits per heavy atom. The standard InChI is InChI=1S/C51H30N4OS/c1-3-13-31(14-4-1)33-17-11-18-35(27-33)55-43-23-9-7-19-36(43)41-30-45-42(29-44(41)55)39-21-12-22-40(48(39)56-45)51-53-49(32-15-5-2-6-16-32)52-50(54-51)34-25-26-38-37-20-8-10-24-46(37)57-47(38)28-34/h1-30H. The van der Waals surface area contributed by atoms with Crippen molar-refractivity contribution in [1.82, 2.24) is 19.5 Å². The number of nitrogens with zero attached hydrogens (tertiary/aromatic N) is 4. The van der Waals surface area contributed by atoms with Crippen LogP contribution in [0.25, 0.3) is 115 Å². The number of rotatable bonds is 5. The summed E-state index contributed by atoms with van der Waals surface area (Å²) in [7, 11) is 0. The van der Waals surface area contributed by atoms with Crippen LogP contribution in [0.1, 0.15) is 0 Å². The van der Waals surface area contributed by atoms with E-state index in [0.29, 0.717) is 17.5 Å². The molecule has 8 aromatic carbocycles. The maximum absolute atomic E-state index is 6.86. The van der Waals surface area contributed by atoms with Gasteiger partial charge >= 0.3 is 0 Å². The van der Waals surface area contributed by atoms with Crippen LogP contribution in [0.4, 0.5) is 0 Å². The highest BCUT2D eigenvalue weighted by Gasteiger charge is 2.21. The van der Waals surface area contributed by atoms with Crippen molar-refractivity contribution >= 4 is 75.3 Å². The lowest BCUT2D eigenvalue weighted by Crippen LogP contribution is -2.00. The average Bonchev–Trinajstić information content (AvgIpc) is 3.95. The Bertz CT molecular complexity index is 3530. The molecule has 6 heteroatoms. The molecule has 4 heterocycles. The highest BCUT2D eigenvalue weighted by Crippen LogP contribution is 2.42. The summed E-state index contributed by atoms with van der Waals surface area (Å²) in [6, 6.07) is 63.9. The van der Waals surface area contributed by atoms with E-state index in [1.54, 1.807) is 11.3 Å². The normalized spacial score (nSPS) is 11.9. The second kappa shape index (κ2) is 12.6. The van der Waals surface area contributed by atoms with Gasteiger partial charge in [0.1, 0.15) is 11.2 Å². The molecule has 0 bridgehead atoms. The van der Waals surface area contributed by atoms with Crippen molar-refractivity contribution in [2.24, 2.45) is 0 Å². The predicted octanol–water partition coefficient (Wildman–Crippen LogP) is 13.9. The van der Waals surface area contributed by atoms with E-state index < -0.39 is 0 Å². The SMILES string of the molecule is c1ccc(-c2cccc(-n3c4ccccc4c4cc5oc6c(-c7nc(-c8ccccc8)nc(-c8ccc9c(c8)sc8ccccc89)n7)cccc6c5cc43)c2)cc1. The maximum atomic E-state index is 6.86. The van der Waals surface area contributed by atoms with Crippen molar-refractivity contribution in [1.29, 1.82) is 0 Å². The van der Waals surface area contributed by atoms with Crippen molar-refractivity contribution in [2.75, 3.05) is 0 Å². The fourth-order valence-electron chi connectivity index (χ4n) is 8.38. The largest absolute Gasteiger partial charge is 0.455 e. The topological polar surface area (TPSA) is 56.7 Å².